The van der Waals surface area contributed by atoms with Crippen LogP contribution in [0, 0.1) is 0 Å². The molecule has 0 heterocycles. The molecule has 3 nitrogen and oxygen atoms in total. The number of hydrogen-bond acceptors (Lipinski definition) is 3. The molecule has 0 radical (unpaired) electrons. The van der Waals surface area contributed by atoms with Gasteiger partial charge in [-0.2, -0.15) is 0 Å². The summed E-state index contributed by atoms with van der Waals surface area (Å²) >= 11 is 1.49. The van der Waals surface area contributed by atoms with Gasteiger partial charge < -0.3 is 10.4 Å². The summed E-state index contributed by atoms with van der Waals surface area (Å²) in [6.45, 7) is 2.02. The van der Waals surface area contributed by atoms with Crippen LogP contribution in [0.2, 0.25) is 0 Å². The molecule has 0 bridgehead atoms. The maximum Gasteiger partial charge on any atom is 0.230 e. The molecular formula is C17H19NO2S. The van der Waals surface area contributed by atoms with Crippen LogP contribution in [0.25, 0.3) is 0 Å². The zero-order valence-corrected chi connectivity index (χ0v) is 12.8. The Kier molecular flexibility index (Phi) is 5.84. The van der Waals surface area contributed by atoms with Crippen molar-refractivity contribution in [3.05, 3.63) is 65.7 Å². The van der Waals surface area contributed by atoms with Crippen LogP contribution in [0.15, 0.2) is 59.5 Å². The molecule has 4 heteroatoms. The number of rotatable bonds is 6. The topological polar surface area (TPSA) is 49.3 Å². The monoisotopic (exact) mass is 301 g/mol. The predicted octanol–water partition coefficient (Wildman–Crippen LogP) is 3.15. The van der Waals surface area contributed by atoms with Crippen LogP contribution in [0.1, 0.15) is 24.1 Å². The van der Waals surface area contributed by atoms with Gasteiger partial charge in [0.2, 0.25) is 5.91 Å². The van der Waals surface area contributed by atoms with Crippen molar-refractivity contribution < 1.29 is 9.90 Å². The van der Waals surface area contributed by atoms with Crippen LogP contribution in [-0.2, 0) is 11.4 Å². The Balaban J connectivity index is 1.81. The maximum absolute atomic E-state index is 12.0. The molecule has 2 aromatic carbocycles. The van der Waals surface area contributed by atoms with E-state index < -0.39 is 0 Å². The molecule has 0 spiro atoms. The highest BCUT2D eigenvalue weighted by molar-refractivity contribution is 8.00. The molecule has 1 unspecified atom stereocenters. The van der Waals surface area contributed by atoms with E-state index in [-0.39, 0.29) is 18.6 Å². The van der Waals surface area contributed by atoms with Gasteiger partial charge in [0.25, 0.3) is 0 Å². The minimum atomic E-state index is 0.0102. The molecule has 2 rings (SSSR count). The minimum Gasteiger partial charge on any atom is -0.392 e. The molecular weight excluding hydrogens is 282 g/mol. The molecule has 0 aromatic heterocycles. The number of carbonyl (C=O) groups is 1. The Morgan fingerprint density at radius 3 is 2.43 bits per heavy atom. The largest absolute Gasteiger partial charge is 0.392 e. The fourth-order valence-corrected chi connectivity index (χ4v) is 2.66. The number of hydrogen-bond donors (Lipinski definition) is 2. The van der Waals surface area contributed by atoms with Crippen molar-refractivity contribution in [2.75, 3.05) is 5.75 Å². The van der Waals surface area contributed by atoms with Gasteiger partial charge in [0.15, 0.2) is 0 Å². The Bertz CT molecular complexity index is 569. The van der Waals surface area contributed by atoms with Crippen molar-refractivity contribution in [1.29, 1.82) is 0 Å². The van der Waals surface area contributed by atoms with Gasteiger partial charge in [0.05, 0.1) is 18.4 Å². The fourth-order valence-electron chi connectivity index (χ4n) is 1.95. The van der Waals surface area contributed by atoms with Gasteiger partial charge in [-0.25, -0.2) is 0 Å². The number of carbonyl (C=O) groups excluding carboxylic acids is 1. The van der Waals surface area contributed by atoms with Crippen LogP contribution in [0.3, 0.4) is 0 Å². The second-order valence-electron chi connectivity index (χ2n) is 4.79. The standard InChI is InChI=1S/C17H19NO2S/c1-13(15-5-3-2-4-6-15)18-17(20)12-21-16-9-7-14(11-19)8-10-16/h2-10,13,19H,11-12H2,1H3,(H,18,20). The molecule has 2 N–H and O–H groups in total. The third-order valence-corrected chi connectivity index (χ3v) is 4.16. The molecule has 0 saturated carbocycles. The predicted molar refractivity (Wildman–Crippen MR) is 86.1 cm³/mol. The van der Waals surface area contributed by atoms with E-state index in [4.69, 9.17) is 5.11 Å². The van der Waals surface area contributed by atoms with Gasteiger partial charge in [0, 0.05) is 4.90 Å². The van der Waals surface area contributed by atoms with Crippen molar-refractivity contribution >= 4 is 17.7 Å². The normalized spacial score (nSPS) is 11.9. The smallest absolute Gasteiger partial charge is 0.230 e. The van der Waals surface area contributed by atoms with Gasteiger partial charge in [-0.15, -0.1) is 11.8 Å². The number of aliphatic hydroxyl groups excluding tert-OH is 1. The molecule has 1 amide bonds. The van der Waals surface area contributed by atoms with Crippen molar-refractivity contribution in [2.45, 2.75) is 24.5 Å². The van der Waals surface area contributed by atoms with E-state index in [1.807, 2.05) is 61.5 Å². The number of nitrogens with one attached hydrogen (secondary N) is 1. The summed E-state index contributed by atoms with van der Waals surface area (Å²) in [5.41, 5.74) is 1.98. The highest BCUT2D eigenvalue weighted by atomic mass is 32.2. The lowest BCUT2D eigenvalue weighted by molar-refractivity contribution is -0.119. The van der Waals surface area contributed by atoms with E-state index in [0.29, 0.717) is 5.75 Å². The van der Waals surface area contributed by atoms with Gasteiger partial charge in [-0.05, 0) is 30.2 Å². The average molecular weight is 301 g/mol. The lowest BCUT2D eigenvalue weighted by Crippen LogP contribution is -2.28. The lowest BCUT2D eigenvalue weighted by Gasteiger charge is -2.14. The number of benzene rings is 2. The summed E-state index contributed by atoms with van der Waals surface area (Å²) < 4.78 is 0. The van der Waals surface area contributed by atoms with E-state index >= 15 is 0 Å². The maximum atomic E-state index is 12.0. The van der Waals surface area contributed by atoms with Crippen molar-refractivity contribution in [1.82, 2.24) is 5.32 Å². The summed E-state index contributed by atoms with van der Waals surface area (Å²) in [6, 6.07) is 17.5. The van der Waals surface area contributed by atoms with Crippen LogP contribution < -0.4 is 5.32 Å². The Labute approximate surface area is 129 Å². The second-order valence-corrected chi connectivity index (χ2v) is 5.84. The average Bonchev–Trinajstić information content (AvgIpc) is 2.54. The van der Waals surface area contributed by atoms with E-state index in [1.165, 1.54) is 11.8 Å². The van der Waals surface area contributed by atoms with Crippen molar-refractivity contribution in [2.24, 2.45) is 0 Å². The Hall–Kier alpha value is -1.78. The number of thioether (sulfide) groups is 1. The first-order chi connectivity index (χ1) is 10.2. The fraction of sp³-hybridized carbons (Fsp3) is 0.235. The minimum absolute atomic E-state index is 0.0102. The lowest BCUT2D eigenvalue weighted by atomic mass is 10.1. The summed E-state index contributed by atoms with van der Waals surface area (Å²) in [5.74, 6) is 0.401. The quantitative estimate of drug-likeness (QED) is 0.806. The SMILES string of the molecule is CC(NC(=O)CSc1ccc(CO)cc1)c1ccccc1. The first-order valence-corrected chi connectivity index (χ1v) is 7.84. The summed E-state index contributed by atoms with van der Waals surface area (Å²) in [5, 5.41) is 12.0. The molecule has 1 atom stereocenters. The van der Waals surface area contributed by atoms with Crippen LogP contribution >= 0.6 is 11.8 Å². The molecule has 0 aliphatic carbocycles. The molecule has 21 heavy (non-hydrogen) atoms. The zero-order valence-electron chi connectivity index (χ0n) is 12.0. The van der Waals surface area contributed by atoms with E-state index in [0.717, 1.165) is 16.0 Å². The first-order valence-electron chi connectivity index (χ1n) is 6.86. The van der Waals surface area contributed by atoms with E-state index in [1.54, 1.807) is 0 Å². The van der Waals surface area contributed by atoms with Gasteiger partial charge in [-0.3, -0.25) is 4.79 Å². The zero-order chi connectivity index (χ0) is 15.1. The highest BCUT2D eigenvalue weighted by Gasteiger charge is 2.09. The highest BCUT2D eigenvalue weighted by Crippen LogP contribution is 2.19. The third-order valence-electron chi connectivity index (χ3n) is 3.15. The molecule has 0 fully saturated rings. The summed E-state index contributed by atoms with van der Waals surface area (Å²) in [7, 11) is 0. The summed E-state index contributed by atoms with van der Waals surface area (Å²) in [6.07, 6.45) is 0. The summed E-state index contributed by atoms with van der Waals surface area (Å²) in [4.78, 5) is 13.0. The number of amides is 1. The second kappa shape index (κ2) is 7.86. The van der Waals surface area contributed by atoms with Crippen molar-refractivity contribution in [3.8, 4) is 0 Å². The molecule has 0 saturated heterocycles. The van der Waals surface area contributed by atoms with Crippen LogP contribution in [0.5, 0.6) is 0 Å². The van der Waals surface area contributed by atoms with E-state index in [2.05, 4.69) is 5.32 Å². The third kappa shape index (κ3) is 4.92. The number of aliphatic hydroxyl groups is 1. The van der Waals surface area contributed by atoms with Gasteiger partial charge >= 0.3 is 0 Å². The van der Waals surface area contributed by atoms with Gasteiger partial charge in [-0.1, -0.05) is 42.5 Å². The Morgan fingerprint density at radius 1 is 1.14 bits per heavy atom. The van der Waals surface area contributed by atoms with Gasteiger partial charge in [0.1, 0.15) is 0 Å². The van der Waals surface area contributed by atoms with Crippen molar-refractivity contribution in [3.63, 3.8) is 0 Å². The first kappa shape index (κ1) is 15.6. The molecule has 0 aliphatic heterocycles. The van der Waals surface area contributed by atoms with Crippen LogP contribution in [0.4, 0.5) is 0 Å². The van der Waals surface area contributed by atoms with Crippen LogP contribution in [-0.4, -0.2) is 16.8 Å². The Morgan fingerprint density at radius 2 is 1.81 bits per heavy atom. The molecule has 2 aromatic rings. The molecule has 110 valence electrons. The molecule has 0 aliphatic rings. The van der Waals surface area contributed by atoms with E-state index in [9.17, 15) is 4.79 Å².